The highest BCUT2D eigenvalue weighted by molar-refractivity contribution is 9.09. The van der Waals surface area contributed by atoms with Crippen molar-refractivity contribution >= 4 is 34.3 Å². The summed E-state index contributed by atoms with van der Waals surface area (Å²) in [5, 5.41) is 11.3. The molecule has 3 nitrogen and oxygen atoms in total. The second kappa shape index (κ2) is 4.16. The number of carboxylic acid groups (broad SMARTS) is 1. The Balaban J connectivity index is 0.000000810. The molecular weight excluding hydrogens is 221 g/mol. The van der Waals surface area contributed by atoms with E-state index in [9.17, 15) is 4.79 Å². The molecular formula is C5H9BrClNO2. The molecule has 0 bridgehead atoms. The molecule has 10 heavy (non-hydrogen) atoms. The van der Waals surface area contributed by atoms with Crippen LogP contribution in [0.1, 0.15) is 6.42 Å². The zero-order chi connectivity index (χ0) is 6.85. The number of hydrogen-bond donors (Lipinski definition) is 2. The number of alkyl halides is 1. The summed E-state index contributed by atoms with van der Waals surface area (Å²) in [4.78, 5) is 10.6. The van der Waals surface area contributed by atoms with Gasteiger partial charge in [-0.2, -0.15) is 0 Å². The Bertz CT molecular complexity index is 133. The second-order valence-electron chi connectivity index (χ2n) is 2.13. The summed E-state index contributed by atoms with van der Waals surface area (Å²) in [5.74, 6) is -0.753. The molecule has 1 aliphatic heterocycles. The van der Waals surface area contributed by atoms with Gasteiger partial charge in [0.25, 0.3) is 0 Å². The maximum atomic E-state index is 10.3. The number of carbonyl (C=O) groups is 1. The summed E-state index contributed by atoms with van der Waals surface area (Å²) in [7, 11) is 0. The number of halogens is 2. The zero-order valence-corrected chi connectivity index (χ0v) is 7.61. The summed E-state index contributed by atoms with van der Waals surface area (Å²) in [6.07, 6.45) is 0.690. The molecule has 60 valence electrons. The summed E-state index contributed by atoms with van der Waals surface area (Å²) in [6.45, 7) is 0.761. The Hall–Kier alpha value is 0.200. The molecule has 0 aromatic carbocycles. The van der Waals surface area contributed by atoms with Crippen LogP contribution in [0.25, 0.3) is 0 Å². The molecule has 5 heteroatoms. The number of hydrogen-bond acceptors (Lipinski definition) is 2. The van der Waals surface area contributed by atoms with E-state index < -0.39 is 5.97 Å². The Morgan fingerprint density at radius 2 is 2.30 bits per heavy atom. The topological polar surface area (TPSA) is 49.3 Å². The monoisotopic (exact) mass is 229 g/mol. The predicted octanol–water partition coefficient (Wildman–Crippen LogP) is 0.618. The van der Waals surface area contributed by atoms with Crippen LogP contribution >= 0.6 is 28.3 Å². The van der Waals surface area contributed by atoms with Gasteiger partial charge in [-0.3, -0.25) is 4.79 Å². The molecule has 2 N–H and O–H groups in total. The minimum Gasteiger partial charge on any atom is -0.480 e. The van der Waals surface area contributed by atoms with Crippen LogP contribution in [0.3, 0.4) is 0 Å². The van der Waals surface area contributed by atoms with E-state index in [1.165, 1.54) is 0 Å². The van der Waals surface area contributed by atoms with E-state index in [1.807, 2.05) is 0 Å². The number of rotatable bonds is 1. The molecule has 1 aliphatic rings. The molecule has 2 atom stereocenters. The molecule has 0 aromatic rings. The standard InChI is InChI=1S/C5H8BrNO2.ClH/c6-3-1-4(5(8)9)7-2-3;/h3-4,7H,1-2H2,(H,8,9);1H/t3?,4-;/m0./s1. The van der Waals surface area contributed by atoms with Crippen LogP contribution in [0.15, 0.2) is 0 Å². The van der Waals surface area contributed by atoms with Crippen LogP contribution in [0.2, 0.25) is 0 Å². The molecule has 1 rings (SSSR count). The van der Waals surface area contributed by atoms with Crippen LogP contribution in [-0.2, 0) is 4.79 Å². The first kappa shape index (κ1) is 10.2. The summed E-state index contributed by atoms with van der Waals surface area (Å²) < 4.78 is 0. The zero-order valence-electron chi connectivity index (χ0n) is 5.21. The van der Waals surface area contributed by atoms with Crippen LogP contribution in [0, 0.1) is 0 Å². The van der Waals surface area contributed by atoms with Gasteiger partial charge in [0, 0.05) is 11.4 Å². The van der Waals surface area contributed by atoms with Crippen molar-refractivity contribution in [3.05, 3.63) is 0 Å². The van der Waals surface area contributed by atoms with E-state index in [1.54, 1.807) is 0 Å². The van der Waals surface area contributed by atoms with Crippen LogP contribution in [0.5, 0.6) is 0 Å². The third kappa shape index (κ3) is 2.44. The Labute approximate surface area is 73.7 Å². The largest absolute Gasteiger partial charge is 0.480 e. The first-order valence-electron chi connectivity index (χ1n) is 2.80. The summed E-state index contributed by atoms with van der Waals surface area (Å²) >= 11 is 3.32. The lowest BCUT2D eigenvalue weighted by molar-refractivity contribution is -0.139. The lowest BCUT2D eigenvalue weighted by Crippen LogP contribution is -2.29. The average Bonchev–Trinajstić information content (AvgIpc) is 2.14. The van der Waals surface area contributed by atoms with Gasteiger partial charge in [0.1, 0.15) is 6.04 Å². The van der Waals surface area contributed by atoms with Crippen molar-refractivity contribution in [1.82, 2.24) is 5.32 Å². The van der Waals surface area contributed by atoms with Crippen LogP contribution in [0.4, 0.5) is 0 Å². The van der Waals surface area contributed by atoms with Crippen molar-refractivity contribution in [2.75, 3.05) is 6.54 Å². The van der Waals surface area contributed by atoms with Crippen molar-refractivity contribution in [3.63, 3.8) is 0 Å². The van der Waals surface area contributed by atoms with Crippen LogP contribution in [-0.4, -0.2) is 28.5 Å². The number of carboxylic acids is 1. The van der Waals surface area contributed by atoms with Crippen LogP contribution < -0.4 is 5.32 Å². The highest BCUT2D eigenvalue weighted by Crippen LogP contribution is 2.13. The Morgan fingerprint density at radius 3 is 2.50 bits per heavy atom. The van der Waals surface area contributed by atoms with Crippen molar-refractivity contribution in [2.45, 2.75) is 17.3 Å². The van der Waals surface area contributed by atoms with Crippen molar-refractivity contribution in [3.8, 4) is 0 Å². The SMILES string of the molecule is Cl.O=C(O)[C@@H]1CC(Br)CN1. The van der Waals surface area contributed by atoms with E-state index >= 15 is 0 Å². The summed E-state index contributed by atoms with van der Waals surface area (Å²) in [5.41, 5.74) is 0. The predicted molar refractivity (Wildman–Crippen MR) is 44.0 cm³/mol. The summed E-state index contributed by atoms with van der Waals surface area (Å²) in [6, 6.07) is -0.339. The van der Waals surface area contributed by atoms with Gasteiger partial charge in [-0.1, -0.05) is 15.9 Å². The molecule has 0 saturated carbocycles. The lowest BCUT2D eigenvalue weighted by Gasteiger charge is -1.99. The highest BCUT2D eigenvalue weighted by atomic mass is 79.9. The highest BCUT2D eigenvalue weighted by Gasteiger charge is 2.26. The molecule has 1 saturated heterocycles. The molecule has 1 heterocycles. The van der Waals surface area contributed by atoms with Gasteiger partial charge in [-0.15, -0.1) is 12.4 Å². The number of nitrogens with one attached hydrogen (secondary N) is 1. The van der Waals surface area contributed by atoms with Crippen molar-refractivity contribution < 1.29 is 9.90 Å². The normalized spacial score (nSPS) is 31.3. The molecule has 1 unspecified atom stereocenters. The van der Waals surface area contributed by atoms with Gasteiger partial charge in [0.15, 0.2) is 0 Å². The fourth-order valence-electron chi connectivity index (χ4n) is 0.881. The lowest BCUT2D eigenvalue weighted by atomic mass is 10.2. The van der Waals surface area contributed by atoms with Gasteiger partial charge in [-0.05, 0) is 6.42 Å². The fourth-order valence-corrected chi connectivity index (χ4v) is 1.44. The molecule has 0 amide bonds. The minimum atomic E-state index is -0.753. The molecule has 0 radical (unpaired) electrons. The third-order valence-electron chi connectivity index (χ3n) is 1.38. The van der Waals surface area contributed by atoms with Gasteiger partial charge >= 0.3 is 5.97 Å². The van der Waals surface area contributed by atoms with Crippen molar-refractivity contribution in [2.24, 2.45) is 0 Å². The first-order valence-corrected chi connectivity index (χ1v) is 3.72. The van der Waals surface area contributed by atoms with Gasteiger partial charge in [0.2, 0.25) is 0 Å². The van der Waals surface area contributed by atoms with E-state index in [4.69, 9.17) is 5.11 Å². The van der Waals surface area contributed by atoms with Crippen molar-refractivity contribution in [1.29, 1.82) is 0 Å². The van der Waals surface area contributed by atoms with Gasteiger partial charge < -0.3 is 10.4 Å². The number of aliphatic carboxylic acids is 1. The maximum Gasteiger partial charge on any atom is 0.320 e. The smallest absolute Gasteiger partial charge is 0.320 e. The Morgan fingerprint density at radius 1 is 1.70 bits per heavy atom. The van der Waals surface area contributed by atoms with E-state index in [0.717, 1.165) is 6.54 Å². The van der Waals surface area contributed by atoms with Gasteiger partial charge in [-0.25, -0.2) is 0 Å². The molecule has 0 spiro atoms. The first-order chi connectivity index (χ1) is 4.20. The molecule has 0 aliphatic carbocycles. The van der Waals surface area contributed by atoms with E-state index in [-0.39, 0.29) is 18.4 Å². The van der Waals surface area contributed by atoms with E-state index in [0.29, 0.717) is 11.2 Å². The fraction of sp³-hybridized carbons (Fsp3) is 0.800. The Kier molecular flexibility index (Phi) is 4.24. The van der Waals surface area contributed by atoms with E-state index in [2.05, 4.69) is 21.2 Å². The minimum absolute atomic E-state index is 0. The maximum absolute atomic E-state index is 10.3. The quantitative estimate of drug-likeness (QED) is 0.649. The average molecular weight is 230 g/mol. The third-order valence-corrected chi connectivity index (χ3v) is 2.07. The molecule has 0 aromatic heterocycles. The van der Waals surface area contributed by atoms with Gasteiger partial charge in [0.05, 0.1) is 0 Å². The molecule has 1 fully saturated rings. The second-order valence-corrected chi connectivity index (χ2v) is 3.43.